The number of ketones is 1. The summed E-state index contributed by atoms with van der Waals surface area (Å²) in [7, 11) is 3.04. The molecule has 0 radical (unpaired) electrons. The molecule has 0 bridgehead atoms. The van der Waals surface area contributed by atoms with Crippen molar-refractivity contribution in [3.8, 4) is 23.6 Å². The van der Waals surface area contributed by atoms with Gasteiger partial charge in [0.2, 0.25) is 0 Å². The summed E-state index contributed by atoms with van der Waals surface area (Å²) in [4.78, 5) is 16.1. The molecule has 0 N–H and O–H groups in total. The van der Waals surface area contributed by atoms with Gasteiger partial charge in [0.1, 0.15) is 6.04 Å². The number of halogens is 1. The highest BCUT2D eigenvalue weighted by atomic mass is 35.5. The van der Waals surface area contributed by atoms with Gasteiger partial charge in [-0.1, -0.05) is 48.0 Å². The third-order valence-corrected chi connectivity index (χ3v) is 7.36. The molecule has 0 aliphatic carbocycles. The van der Waals surface area contributed by atoms with Crippen LogP contribution in [0.25, 0.3) is 6.08 Å². The largest absolute Gasteiger partial charge is 0.493 e. The van der Waals surface area contributed by atoms with Crippen LogP contribution >= 0.6 is 11.6 Å². The van der Waals surface area contributed by atoms with Crippen molar-refractivity contribution in [1.29, 1.82) is 10.5 Å². The first kappa shape index (κ1) is 23.5. The number of nitrogens with zero attached hydrogens (tertiary/aromatic N) is 3. The average Bonchev–Trinajstić information content (AvgIpc) is 3.23. The molecule has 3 atom stereocenters. The second-order valence-corrected chi connectivity index (χ2v) is 9.23. The lowest BCUT2D eigenvalue weighted by Gasteiger charge is -2.34. The minimum Gasteiger partial charge on any atom is -0.493 e. The van der Waals surface area contributed by atoms with Gasteiger partial charge >= 0.3 is 0 Å². The molecule has 36 heavy (non-hydrogen) atoms. The van der Waals surface area contributed by atoms with E-state index in [0.29, 0.717) is 27.6 Å². The molecule has 0 unspecified atom stereocenters. The first-order chi connectivity index (χ1) is 17.5. The minimum absolute atomic E-state index is 0.225. The highest BCUT2D eigenvalue weighted by Crippen LogP contribution is 2.60. The van der Waals surface area contributed by atoms with E-state index < -0.39 is 23.4 Å². The fraction of sp³-hybridized carbons (Fsp3) is 0.207. The van der Waals surface area contributed by atoms with Gasteiger partial charge in [-0.2, -0.15) is 10.5 Å². The minimum atomic E-state index is -1.54. The van der Waals surface area contributed by atoms with E-state index in [1.165, 1.54) is 14.2 Å². The number of benzene rings is 3. The number of hydrogen-bond donors (Lipinski definition) is 0. The summed E-state index contributed by atoms with van der Waals surface area (Å²) in [6.45, 7) is 0. The van der Waals surface area contributed by atoms with Crippen molar-refractivity contribution in [3.05, 3.63) is 100 Å². The molecule has 3 aromatic carbocycles. The van der Waals surface area contributed by atoms with Crippen molar-refractivity contribution in [2.45, 2.75) is 18.0 Å². The van der Waals surface area contributed by atoms with Gasteiger partial charge in [0.05, 0.1) is 32.4 Å². The summed E-state index contributed by atoms with van der Waals surface area (Å²) in [5, 5.41) is 21.7. The lowest BCUT2D eigenvalue weighted by molar-refractivity contribution is 0.0874. The predicted octanol–water partition coefficient (Wildman–Crippen LogP) is 5.77. The summed E-state index contributed by atoms with van der Waals surface area (Å²) in [5.41, 5.74) is 1.31. The van der Waals surface area contributed by atoms with Crippen molar-refractivity contribution >= 4 is 23.5 Å². The molecule has 0 saturated carbocycles. The van der Waals surface area contributed by atoms with Crippen LogP contribution in [-0.2, 0) is 0 Å². The van der Waals surface area contributed by atoms with Gasteiger partial charge in [0.15, 0.2) is 22.7 Å². The van der Waals surface area contributed by atoms with Crippen molar-refractivity contribution in [2.75, 3.05) is 14.2 Å². The molecule has 2 heterocycles. The summed E-state index contributed by atoms with van der Waals surface area (Å²) in [6.07, 6.45) is 3.75. The number of ether oxygens (including phenoxy) is 2. The maximum absolute atomic E-state index is 14.2. The lowest BCUT2D eigenvalue weighted by atomic mass is 9.67. The maximum Gasteiger partial charge on any atom is 0.186 e. The Balaban J connectivity index is 1.74. The number of hydrogen-bond acceptors (Lipinski definition) is 6. The standard InChI is InChI=1S/C29H22ClN3O3/c1-35-23-12-9-20(15-24(23)36-2)27(34)26-25(19-7-10-21(30)11-8-19)29(16-31,17-32)28-22-6-4-3-5-18(22)13-14-33(26)28/h3-15,25-26,28H,1-2H3/t25-,26+,28+/m1/s1. The van der Waals surface area contributed by atoms with Gasteiger partial charge < -0.3 is 14.4 Å². The SMILES string of the molecule is COc1ccc(C(=O)[C@@H]2[C@@H](c3ccc(Cl)cc3)C(C#N)(C#N)[C@@H]3c4ccccc4C=CN23)cc1OC. The van der Waals surface area contributed by atoms with E-state index in [9.17, 15) is 15.3 Å². The van der Waals surface area contributed by atoms with Crippen molar-refractivity contribution in [3.63, 3.8) is 0 Å². The molecule has 2 aliphatic rings. The lowest BCUT2D eigenvalue weighted by Crippen LogP contribution is -2.37. The molecule has 178 valence electrons. The van der Waals surface area contributed by atoms with Gasteiger partial charge in [-0.25, -0.2) is 0 Å². The van der Waals surface area contributed by atoms with E-state index in [-0.39, 0.29) is 5.78 Å². The zero-order chi connectivity index (χ0) is 25.4. The van der Waals surface area contributed by atoms with Crippen LogP contribution in [0.3, 0.4) is 0 Å². The molecule has 1 saturated heterocycles. The van der Waals surface area contributed by atoms with Gasteiger partial charge in [-0.3, -0.25) is 4.79 Å². The smallest absolute Gasteiger partial charge is 0.186 e. The summed E-state index contributed by atoms with van der Waals surface area (Å²) in [6, 6.07) is 22.9. The van der Waals surface area contributed by atoms with Crippen LogP contribution < -0.4 is 9.47 Å². The van der Waals surface area contributed by atoms with Crippen LogP contribution in [-0.4, -0.2) is 30.9 Å². The van der Waals surface area contributed by atoms with E-state index in [1.807, 2.05) is 41.4 Å². The van der Waals surface area contributed by atoms with Crippen LogP contribution in [0.5, 0.6) is 11.5 Å². The molecule has 0 amide bonds. The van der Waals surface area contributed by atoms with Crippen LogP contribution in [0.2, 0.25) is 5.02 Å². The Labute approximate surface area is 214 Å². The Hall–Kier alpha value is -4.26. The molecule has 5 rings (SSSR count). The van der Waals surface area contributed by atoms with E-state index in [0.717, 1.165) is 11.1 Å². The van der Waals surface area contributed by atoms with Gasteiger partial charge in [0.25, 0.3) is 0 Å². The van der Waals surface area contributed by atoms with E-state index in [4.69, 9.17) is 21.1 Å². The Bertz CT molecular complexity index is 1440. The Kier molecular flexibility index (Phi) is 5.92. The Morgan fingerprint density at radius 1 is 0.972 bits per heavy atom. The fourth-order valence-corrected chi connectivity index (χ4v) is 5.62. The molecule has 0 spiro atoms. The predicted molar refractivity (Wildman–Crippen MR) is 136 cm³/mol. The highest BCUT2D eigenvalue weighted by Gasteiger charge is 2.63. The Morgan fingerprint density at radius 3 is 2.33 bits per heavy atom. The average molecular weight is 496 g/mol. The normalized spacial score (nSPS) is 21.0. The van der Waals surface area contributed by atoms with Gasteiger partial charge in [-0.05, 0) is 53.1 Å². The van der Waals surface area contributed by atoms with E-state index in [1.54, 1.807) is 42.5 Å². The zero-order valence-corrected chi connectivity index (χ0v) is 20.4. The van der Waals surface area contributed by atoms with E-state index in [2.05, 4.69) is 12.1 Å². The molecule has 1 fully saturated rings. The quantitative estimate of drug-likeness (QED) is 0.418. The third-order valence-electron chi connectivity index (χ3n) is 7.11. The number of rotatable bonds is 5. The molecular weight excluding hydrogens is 474 g/mol. The first-order valence-electron chi connectivity index (χ1n) is 11.4. The van der Waals surface area contributed by atoms with E-state index >= 15 is 0 Å². The number of carbonyl (C=O) groups is 1. The number of fused-ring (bicyclic) bond motifs is 3. The molecule has 0 aromatic heterocycles. The monoisotopic (exact) mass is 495 g/mol. The molecule has 3 aromatic rings. The third kappa shape index (κ3) is 3.42. The summed E-state index contributed by atoms with van der Waals surface area (Å²) in [5.74, 6) is -0.0430. The summed E-state index contributed by atoms with van der Waals surface area (Å²) < 4.78 is 10.8. The highest BCUT2D eigenvalue weighted by molar-refractivity contribution is 6.30. The second kappa shape index (κ2) is 9.07. The van der Waals surface area contributed by atoms with Crippen molar-refractivity contribution in [1.82, 2.24) is 4.90 Å². The maximum atomic E-state index is 14.2. The molecule has 7 heteroatoms. The van der Waals surface area contributed by atoms with Crippen LogP contribution in [0, 0.1) is 28.1 Å². The molecule has 2 aliphatic heterocycles. The van der Waals surface area contributed by atoms with Crippen LogP contribution in [0.4, 0.5) is 0 Å². The topological polar surface area (TPSA) is 86.3 Å². The molecule has 6 nitrogen and oxygen atoms in total. The Morgan fingerprint density at radius 2 is 1.67 bits per heavy atom. The van der Waals surface area contributed by atoms with Crippen LogP contribution in [0.1, 0.15) is 39.0 Å². The zero-order valence-electron chi connectivity index (χ0n) is 19.7. The number of nitriles is 2. The molecular formula is C29H22ClN3O3. The van der Waals surface area contributed by atoms with Crippen molar-refractivity contribution < 1.29 is 14.3 Å². The van der Waals surface area contributed by atoms with Crippen LogP contribution in [0.15, 0.2) is 72.9 Å². The number of methoxy groups -OCH3 is 2. The fourth-order valence-electron chi connectivity index (χ4n) is 5.50. The summed E-state index contributed by atoms with van der Waals surface area (Å²) >= 11 is 6.16. The number of Topliss-reactive ketones (excluding diaryl/α,β-unsaturated/α-hetero) is 1. The van der Waals surface area contributed by atoms with Crippen molar-refractivity contribution in [2.24, 2.45) is 5.41 Å². The van der Waals surface area contributed by atoms with Gasteiger partial charge in [0, 0.05) is 22.7 Å². The number of carbonyl (C=O) groups excluding carboxylic acids is 1. The second-order valence-electron chi connectivity index (χ2n) is 8.80. The van der Waals surface area contributed by atoms with Gasteiger partial charge in [-0.15, -0.1) is 0 Å². The first-order valence-corrected chi connectivity index (χ1v) is 11.8.